The third-order valence-corrected chi connectivity index (χ3v) is 9.51. The maximum absolute atomic E-state index is 15.5. The number of fused-ring (bicyclic) bond motifs is 1. The van der Waals surface area contributed by atoms with E-state index in [1.165, 1.54) is 41.6 Å². The predicted molar refractivity (Wildman–Crippen MR) is 149 cm³/mol. The van der Waals surface area contributed by atoms with Crippen molar-refractivity contribution in [2.24, 2.45) is 5.92 Å². The molecule has 43 heavy (non-hydrogen) atoms. The van der Waals surface area contributed by atoms with Crippen molar-refractivity contribution in [2.75, 3.05) is 0 Å². The van der Waals surface area contributed by atoms with Crippen LogP contribution in [0.2, 0.25) is 5.02 Å². The first-order valence-corrected chi connectivity index (χ1v) is 14.4. The Morgan fingerprint density at radius 2 is 1.95 bits per heavy atom. The highest BCUT2D eigenvalue weighted by atomic mass is 35.5. The van der Waals surface area contributed by atoms with Crippen molar-refractivity contribution in [1.29, 1.82) is 0 Å². The topological polar surface area (TPSA) is 135 Å². The van der Waals surface area contributed by atoms with Gasteiger partial charge in [0.2, 0.25) is 5.91 Å². The molecule has 2 amide bonds. The molecule has 1 aromatic carbocycles. The number of hydrogen-bond donors (Lipinski definition) is 2. The quantitative estimate of drug-likeness (QED) is 0.338. The number of benzene rings is 1. The molecule has 5 heterocycles. The van der Waals surface area contributed by atoms with Crippen molar-refractivity contribution in [3.05, 3.63) is 76.7 Å². The van der Waals surface area contributed by atoms with Crippen LogP contribution in [0.5, 0.6) is 0 Å². The van der Waals surface area contributed by atoms with Crippen molar-refractivity contribution in [3.8, 4) is 16.9 Å². The molecule has 3 saturated carbocycles. The van der Waals surface area contributed by atoms with Crippen molar-refractivity contribution in [1.82, 2.24) is 45.4 Å². The lowest BCUT2D eigenvalue weighted by molar-refractivity contribution is -0.129. The summed E-state index contributed by atoms with van der Waals surface area (Å²) in [7, 11) is 0. The zero-order valence-electron chi connectivity index (χ0n) is 22.6. The van der Waals surface area contributed by atoms with E-state index >= 15 is 8.78 Å². The van der Waals surface area contributed by atoms with Crippen LogP contribution in [0, 0.1) is 17.6 Å². The fraction of sp³-hybridized carbons (Fsp3) is 0.345. The molecule has 14 heteroatoms. The molecule has 4 aromatic rings. The number of nitrogens with zero attached hydrogens (tertiary/aromatic N) is 7. The van der Waals surface area contributed by atoms with Crippen molar-refractivity contribution in [3.63, 3.8) is 0 Å². The van der Waals surface area contributed by atoms with Gasteiger partial charge in [0.25, 0.3) is 5.91 Å². The lowest BCUT2D eigenvalue weighted by Gasteiger charge is -2.61. The van der Waals surface area contributed by atoms with Crippen LogP contribution in [0.25, 0.3) is 22.5 Å². The summed E-state index contributed by atoms with van der Waals surface area (Å²) in [6, 6.07) is 3.93. The van der Waals surface area contributed by atoms with Crippen LogP contribution in [-0.4, -0.2) is 63.5 Å². The number of imidazole rings is 1. The highest BCUT2D eigenvalue weighted by molar-refractivity contribution is 6.31. The number of aromatic nitrogens is 7. The fourth-order valence-corrected chi connectivity index (χ4v) is 7.25. The number of carbonyl (C=O) groups is 2. The zero-order chi connectivity index (χ0) is 29.5. The number of H-pyrrole nitrogens is 1. The van der Waals surface area contributed by atoms with Gasteiger partial charge in [0.15, 0.2) is 17.3 Å². The van der Waals surface area contributed by atoms with Gasteiger partial charge in [-0.25, -0.2) is 18.7 Å². The van der Waals surface area contributed by atoms with E-state index < -0.39 is 17.5 Å². The molecule has 2 aliphatic heterocycles. The fourth-order valence-electron chi connectivity index (χ4n) is 7.09. The van der Waals surface area contributed by atoms with Crippen molar-refractivity contribution >= 4 is 29.0 Å². The molecule has 0 radical (unpaired) electrons. The molecule has 3 aliphatic carbocycles. The normalized spacial score (nSPS) is 25.6. The molecular formula is C29H24ClF2N9O2. The number of tetrazole rings is 1. The van der Waals surface area contributed by atoms with Gasteiger partial charge in [0.05, 0.1) is 28.6 Å². The van der Waals surface area contributed by atoms with E-state index in [1.807, 2.05) is 0 Å². The standard InChI is InChI=1S/C29H24ClF2N9O2/c30-18-2-4-20(40-13-35-38-39-40)23(25(18)32)15-7-16-1-3-21(41(16)22(42)8-15)27-34-12-19(36-27)17-5-6-33-26(24(17)31)28(43)37-29-9-14(10-29)11-29/h2,4-6,8,12-14,16,21H,1,3,7,9-11H2,(H,34,36)(H,37,43)/t14?,16-,21+,29?/m1/s1. The highest BCUT2D eigenvalue weighted by Gasteiger charge is 2.57. The molecule has 218 valence electrons. The molecule has 3 aromatic heterocycles. The van der Waals surface area contributed by atoms with E-state index in [0.29, 0.717) is 48.0 Å². The summed E-state index contributed by atoms with van der Waals surface area (Å²) in [5.41, 5.74) is 1.16. The second-order valence-corrected chi connectivity index (χ2v) is 12.2. The van der Waals surface area contributed by atoms with E-state index in [2.05, 4.69) is 35.8 Å². The molecule has 2 atom stereocenters. The molecular weight excluding hydrogens is 580 g/mol. The Labute approximate surface area is 248 Å². The number of rotatable bonds is 6. The average molecular weight is 604 g/mol. The van der Waals surface area contributed by atoms with Gasteiger partial charge >= 0.3 is 0 Å². The van der Waals surface area contributed by atoms with E-state index in [9.17, 15) is 9.59 Å². The van der Waals surface area contributed by atoms with Gasteiger partial charge in [-0.15, -0.1) is 5.10 Å². The van der Waals surface area contributed by atoms with Crippen LogP contribution in [0.15, 0.2) is 43.0 Å². The van der Waals surface area contributed by atoms with E-state index in [-0.39, 0.29) is 45.4 Å². The van der Waals surface area contributed by atoms with Crippen molar-refractivity contribution < 1.29 is 18.4 Å². The lowest BCUT2D eigenvalue weighted by atomic mass is 9.50. The van der Waals surface area contributed by atoms with Gasteiger partial charge < -0.3 is 15.2 Å². The van der Waals surface area contributed by atoms with Gasteiger partial charge in [0, 0.05) is 35.0 Å². The second-order valence-electron chi connectivity index (χ2n) is 11.8. The minimum Gasteiger partial charge on any atom is -0.345 e. The van der Waals surface area contributed by atoms with E-state index in [1.54, 1.807) is 11.0 Å². The van der Waals surface area contributed by atoms with Gasteiger partial charge in [-0.1, -0.05) is 11.6 Å². The number of pyridine rings is 1. The van der Waals surface area contributed by atoms with E-state index in [4.69, 9.17) is 11.6 Å². The number of aromatic amines is 1. The second kappa shape index (κ2) is 9.49. The molecule has 2 N–H and O–H groups in total. The van der Waals surface area contributed by atoms with Crippen LogP contribution < -0.4 is 5.32 Å². The first-order chi connectivity index (χ1) is 20.8. The molecule has 0 spiro atoms. The summed E-state index contributed by atoms with van der Waals surface area (Å²) < 4.78 is 32.2. The van der Waals surface area contributed by atoms with Crippen LogP contribution in [-0.2, 0) is 4.79 Å². The molecule has 0 unspecified atom stereocenters. The summed E-state index contributed by atoms with van der Waals surface area (Å²) in [4.78, 5) is 39.7. The summed E-state index contributed by atoms with van der Waals surface area (Å²) in [6.45, 7) is 0. The Bertz CT molecular complexity index is 1820. The van der Waals surface area contributed by atoms with Gasteiger partial charge in [-0.3, -0.25) is 9.59 Å². The predicted octanol–water partition coefficient (Wildman–Crippen LogP) is 4.18. The number of amides is 2. The Kier molecular flexibility index (Phi) is 5.77. The van der Waals surface area contributed by atoms with Crippen LogP contribution in [0.1, 0.15) is 66.4 Å². The molecule has 4 fully saturated rings. The third kappa shape index (κ3) is 4.08. The largest absolute Gasteiger partial charge is 0.345 e. The van der Waals surface area contributed by atoms with Gasteiger partial charge in [-0.2, -0.15) is 4.68 Å². The first kappa shape index (κ1) is 26.1. The minimum atomic E-state index is -0.727. The summed E-state index contributed by atoms with van der Waals surface area (Å²) in [5, 5.41) is 14.0. The Morgan fingerprint density at radius 1 is 1.12 bits per heavy atom. The molecule has 5 aliphatic rings. The van der Waals surface area contributed by atoms with Crippen LogP contribution in [0.4, 0.5) is 8.78 Å². The monoisotopic (exact) mass is 603 g/mol. The van der Waals surface area contributed by atoms with Crippen molar-refractivity contribution in [2.45, 2.75) is 56.1 Å². The Balaban J connectivity index is 1.06. The SMILES string of the molecule is O=C(NC12CC(C1)C2)c1nccc(-c2cnc([C@@H]3CC[C@@H]4CC(c5c(-n6cnnn6)ccc(Cl)c5F)=CC(=O)N43)[nH]2)c1F. The highest BCUT2D eigenvalue weighted by Crippen LogP contribution is 2.57. The smallest absolute Gasteiger partial charge is 0.273 e. The first-order valence-electron chi connectivity index (χ1n) is 14.1. The van der Waals surface area contributed by atoms with Crippen LogP contribution >= 0.6 is 11.6 Å². The maximum atomic E-state index is 15.5. The number of nitrogens with one attached hydrogen (secondary N) is 2. The van der Waals surface area contributed by atoms with Gasteiger partial charge in [-0.05, 0) is 78.6 Å². The molecule has 9 rings (SSSR count). The average Bonchev–Trinajstić information content (AvgIpc) is 3.72. The molecule has 1 saturated heterocycles. The van der Waals surface area contributed by atoms with E-state index in [0.717, 1.165) is 19.3 Å². The lowest BCUT2D eigenvalue weighted by Crippen LogP contribution is -2.68. The summed E-state index contributed by atoms with van der Waals surface area (Å²) in [6.07, 6.45) is 10.1. The Hall–Kier alpha value is -4.52. The number of hydrogen-bond acceptors (Lipinski definition) is 7. The molecule has 11 nitrogen and oxygen atoms in total. The number of carbonyl (C=O) groups excluding carboxylic acids is 2. The minimum absolute atomic E-state index is 0.0709. The zero-order valence-corrected chi connectivity index (χ0v) is 23.4. The maximum Gasteiger partial charge on any atom is 0.273 e. The number of halogens is 3. The van der Waals surface area contributed by atoms with Crippen LogP contribution in [0.3, 0.4) is 0 Å². The molecule has 2 bridgehead atoms. The Morgan fingerprint density at radius 3 is 2.70 bits per heavy atom. The van der Waals surface area contributed by atoms with Gasteiger partial charge in [0.1, 0.15) is 12.2 Å². The third-order valence-electron chi connectivity index (χ3n) is 9.22. The summed E-state index contributed by atoms with van der Waals surface area (Å²) >= 11 is 6.12. The summed E-state index contributed by atoms with van der Waals surface area (Å²) in [5.74, 6) is -1.02.